The number of aromatic nitrogens is 1. The van der Waals surface area contributed by atoms with Crippen LogP contribution in [-0.2, 0) is 0 Å². The number of carboxylic acids is 1. The monoisotopic (exact) mass is 430 g/mol. The second kappa shape index (κ2) is 8.27. The molecule has 160 valence electrons. The second-order valence-corrected chi connectivity index (χ2v) is 7.08. The van der Waals surface area contributed by atoms with E-state index >= 15 is 0 Å². The number of phenolic OH excluding ortho intramolecular Hbond substituents is 2. The molecule has 0 aliphatic carbocycles. The predicted octanol–water partition coefficient (Wildman–Crippen LogP) is 4.68. The molecule has 1 amide bonds. The normalized spacial score (nSPS) is 10.7. The summed E-state index contributed by atoms with van der Waals surface area (Å²) in [6.07, 6.45) is 2.91. The third-order valence-corrected chi connectivity index (χ3v) is 4.87. The number of nitrogens with one attached hydrogen (secondary N) is 1. The van der Waals surface area contributed by atoms with E-state index in [2.05, 4.69) is 10.3 Å². The molecule has 0 saturated carbocycles. The SMILES string of the molecule is Cc1oc(-c2ccc(NC(=O)c3cncc(-c4ccc(O)cc4O)c3)cc2)cc1C(=O)O. The zero-order chi connectivity index (χ0) is 22.8. The van der Waals surface area contributed by atoms with E-state index in [-0.39, 0.29) is 22.6 Å². The van der Waals surface area contributed by atoms with Crippen LogP contribution in [0.15, 0.2) is 71.4 Å². The Kier molecular flexibility index (Phi) is 5.34. The summed E-state index contributed by atoms with van der Waals surface area (Å²) in [5, 5.41) is 31.4. The summed E-state index contributed by atoms with van der Waals surface area (Å²) in [6, 6.07) is 14.0. The van der Waals surface area contributed by atoms with Gasteiger partial charge in [-0.1, -0.05) is 0 Å². The van der Waals surface area contributed by atoms with Crippen LogP contribution in [0, 0.1) is 6.92 Å². The van der Waals surface area contributed by atoms with Crippen LogP contribution in [-0.4, -0.2) is 32.2 Å². The highest BCUT2D eigenvalue weighted by atomic mass is 16.4. The quantitative estimate of drug-likeness (QED) is 0.361. The number of hydrogen-bond acceptors (Lipinski definition) is 6. The summed E-state index contributed by atoms with van der Waals surface area (Å²) < 4.78 is 5.51. The average Bonchev–Trinajstić information content (AvgIpc) is 3.16. The van der Waals surface area contributed by atoms with E-state index in [0.717, 1.165) is 0 Å². The van der Waals surface area contributed by atoms with Crippen molar-refractivity contribution in [3.05, 3.63) is 83.9 Å². The number of aryl methyl sites for hydroxylation is 1. The highest BCUT2D eigenvalue weighted by Crippen LogP contribution is 2.32. The Morgan fingerprint density at radius 1 is 0.938 bits per heavy atom. The highest BCUT2D eigenvalue weighted by Gasteiger charge is 2.15. The Hall–Kier alpha value is -4.59. The molecule has 8 heteroatoms. The molecule has 8 nitrogen and oxygen atoms in total. The molecule has 0 saturated heterocycles. The Labute approximate surface area is 182 Å². The van der Waals surface area contributed by atoms with Gasteiger partial charge in [0.15, 0.2) is 0 Å². The van der Waals surface area contributed by atoms with Gasteiger partial charge in [0, 0.05) is 40.8 Å². The molecule has 0 unspecified atom stereocenters. The summed E-state index contributed by atoms with van der Waals surface area (Å²) in [4.78, 5) is 27.9. The smallest absolute Gasteiger partial charge is 0.339 e. The van der Waals surface area contributed by atoms with E-state index in [1.165, 1.54) is 36.7 Å². The van der Waals surface area contributed by atoms with Crippen LogP contribution in [0.25, 0.3) is 22.5 Å². The number of carbonyl (C=O) groups is 2. The van der Waals surface area contributed by atoms with Crippen LogP contribution in [0.2, 0.25) is 0 Å². The second-order valence-electron chi connectivity index (χ2n) is 7.08. The molecule has 4 N–H and O–H groups in total. The van der Waals surface area contributed by atoms with Crippen molar-refractivity contribution in [2.45, 2.75) is 6.92 Å². The highest BCUT2D eigenvalue weighted by molar-refractivity contribution is 6.04. The van der Waals surface area contributed by atoms with Crippen molar-refractivity contribution in [1.29, 1.82) is 0 Å². The molecule has 32 heavy (non-hydrogen) atoms. The number of anilines is 1. The van der Waals surface area contributed by atoms with Gasteiger partial charge in [0.25, 0.3) is 5.91 Å². The van der Waals surface area contributed by atoms with Crippen LogP contribution in [0.3, 0.4) is 0 Å². The average molecular weight is 430 g/mol. The minimum atomic E-state index is -1.06. The molecule has 0 atom stereocenters. The van der Waals surface area contributed by atoms with E-state index in [0.29, 0.717) is 33.9 Å². The maximum atomic E-state index is 12.7. The first-order valence-corrected chi connectivity index (χ1v) is 9.55. The first kappa shape index (κ1) is 20.7. The molecule has 4 rings (SSSR count). The lowest BCUT2D eigenvalue weighted by molar-refractivity contribution is 0.0694. The number of nitrogens with zero attached hydrogens (tertiary/aromatic N) is 1. The van der Waals surface area contributed by atoms with Gasteiger partial charge in [0.2, 0.25) is 0 Å². The zero-order valence-electron chi connectivity index (χ0n) is 16.9. The number of benzene rings is 2. The molecule has 4 aromatic rings. The van der Waals surface area contributed by atoms with Gasteiger partial charge in [-0.2, -0.15) is 0 Å². The van der Waals surface area contributed by atoms with Gasteiger partial charge < -0.3 is 25.1 Å². The molecule has 2 aromatic heterocycles. The number of carboxylic acid groups (broad SMARTS) is 1. The van der Waals surface area contributed by atoms with Crippen LogP contribution in [0.4, 0.5) is 5.69 Å². The van der Waals surface area contributed by atoms with Crippen LogP contribution in [0.1, 0.15) is 26.5 Å². The zero-order valence-corrected chi connectivity index (χ0v) is 16.9. The van der Waals surface area contributed by atoms with Crippen LogP contribution >= 0.6 is 0 Å². The maximum Gasteiger partial charge on any atom is 0.339 e. The summed E-state index contributed by atoms with van der Waals surface area (Å²) in [5.41, 5.74) is 2.54. The summed E-state index contributed by atoms with van der Waals surface area (Å²) in [5.74, 6) is -0.912. The van der Waals surface area contributed by atoms with E-state index in [9.17, 15) is 19.8 Å². The van der Waals surface area contributed by atoms with Gasteiger partial charge in [-0.15, -0.1) is 0 Å². The maximum absolute atomic E-state index is 12.7. The molecule has 0 fully saturated rings. The van der Waals surface area contributed by atoms with Crippen molar-refractivity contribution in [3.8, 4) is 33.9 Å². The van der Waals surface area contributed by atoms with E-state index in [1.54, 1.807) is 37.3 Å². The van der Waals surface area contributed by atoms with Crippen molar-refractivity contribution in [3.63, 3.8) is 0 Å². The number of aromatic hydroxyl groups is 2. The topological polar surface area (TPSA) is 133 Å². The molecule has 2 aromatic carbocycles. The number of furan rings is 1. The van der Waals surface area contributed by atoms with Crippen molar-refractivity contribution in [2.75, 3.05) is 5.32 Å². The largest absolute Gasteiger partial charge is 0.508 e. The lowest BCUT2D eigenvalue weighted by Gasteiger charge is -2.09. The number of phenols is 2. The van der Waals surface area contributed by atoms with Crippen molar-refractivity contribution in [2.24, 2.45) is 0 Å². The van der Waals surface area contributed by atoms with E-state index in [1.807, 2.05) is 0 Å². The predicted molar refractivity (Wildman–Crippen MR) is 117 cm³/mol. The third kappa shape index (κ3) is 4.15. The first-order chi connectivity index (χ1) is 15.3. The van der Waals surface area contributed by atoms with Gasteiger partial charge in [0.05, 0.1) is 5.56 Å². The fourth-order valence-electron chi connectivity index (χ4n) is 3.23. The number of hydrogen-bond donors (Lipinski definition) is 4. The van der Waals surface area contributed by atoms with Gasteiger partial charge in [-0.3, -0.25) is 9.78 Å². The number of pyridine rings is 1. The fraction of sp³-hybridized carbons (Fsp3) is 0.0417. The Morgan fingerprint density at radius 3 is 2.34 bits per heavy atom. The van der Waals surface area contributed by atoms with Crippen molar-refractivity contribution >= 4 is 17.6 Å². The van der Waals surface area contributed by atoms with Crippen LogP contribution < -0.4 is 5.32 Å². The van der Waals surface area contributed by atoms with Crippen molar-refractivity contribution in [1.82, 2.24) is 4.98 Å². The van der Waals surface area contributed by atoms with Crippen molar-refractivity contribution < 1.29 is 29.3 Å². The Morgan fingerprint density at radius 2 is 1.69 bits per heavy atom. The number of carbonyl (C=O) groups excluding carboxylic acids is 1. The first-order valence-electron chi connectivity index (χ1n) is 9.55. The Bertz CT molecular complexity index is 1320. The summed E-state index contributed by atoms with van der Waals surface area (Å²) >= 11 is 0. The van der Waals surface area contributed by atoms with Gasteiger partial charge in [-0.05, 0) is 55.5 Å². The standard InChI is InChI=1S/C24H18N2O6/c1-13-20(24(30)31)10-22(32-13)14-2-4-17(5-3-14)26-23(29)16-8-15(11-25-12-16)19-7-6-18(27)9-21(19)28/h2-12,27-28H,1H3,(H,26,29)(H,30,31). The molecular formula is C24H18N2O6. The molecule has 2 heterocycles. The fourth-order valence-corrected chi connectivity index (χ4v) is 3.23. The van der Waals surface area contributed by atoms with E-state index < -0.39 is 11.9 Å². The molecule has 0 aliphatic heterocycles. The molecule has 0 bridgehead atoms. The molecule has 0 aliphatic rings. The van der Waals surface area contributed by atoms with E-state index in [4.69, 9.17) is 9.52 Å². The lowest BCUT2D eigenvalue weighted by atomic mass is 10.0. The van der Waals surface area contributed by atoms with Gasteiger partial charge in [0.1, 0.15) is 28.6 Å². The number of aromatic carboxylic acids is 1. The van der Waals surface area contributed by atoms with Gasteiger partial charge in [-0.25, -0.2) is 4.79 Å². The minimum Gasteiger partial charge on any atom is -0.508 e. The Balaban J connectivity index is 1.52. The summed E-state index contributed by atoms with van der Waals surface area (Å²) in [7, 11) is 0. The summed E-state index contributed by atoms with van der Waals surface area (Å²) in [6.45, 7) is 1.58. The van der Waals surface area contributed by atoms with Gasteiger partial charge >= 0.3 is 5.97 Å². The van der Waals surface area contributed by atoms with Crippen LogP contribution in [0.5, 0.6) is 11.5 Å². The molecule has 0 spiro atoms. The molecule has 0 radical (unpaired) electrons. The number of amides is 1. The molecular weight excluding hydrogens is 412 g/mol. The number of rotatable bonds is 5. The third-order valence-electron chi connectivity index (χ3n) is 4.87. The lowest BCUT2D eigenvalue weighted by Crippen LogP contribution is -2.12. The minimum absolute atomic E-state index is 0.0690.